The normalized spacial score (nSPS) is 16.5. The van der Waals surface area contributed by atoms with Crippen molar-refractivity contribution in [3.8, 4) is 0 Å². The van der Waals surface area contributed by atoms with E-state index in [9.17, 15) is 4.79 Å². The van der Waals surface area contributed by atoms with Crippen LogP contribution < -0.4 is 5.32 Å². The first kappa shape index (κ1) is 12.4. The highest BCUT2D eigenvalue weighted by Crippen LogP contribution is 2.16. The molecule has 0 saturated carbocycles. The SMILES string of the molecule is CCC(C)(CO)NC(=O)C(C)(C)C. The van der Waals surface area contributed by atoms with Gasteiger partial charge in [0.15, 0.2) is 0 Å². The van der Waals surface area contributed by atoms with E-state index in [1.54, 1.807) is 0 Å². The molecule has 0 heterocycles. The molecule has 13 heavy (non-hydrogen) atoms. The maximum atomic E-state index is 11.6. The number of nitrogens with one attached hydrogen (secondary N) is 1. The zero-order valence-electron chi connectivity index (χ0n) is 9.27. The molecule has 0 radical (unpaired) electrons. The Hall–Kier alpha value is -0.570. The van der Waals surface area contributed by atoms with Crippen LogP contribution in [0, 0.1) is 5.41 Å². The van der Waals surface area contributed by atoms with Crippen molar-refractivity contribution in [2.24, 2.45) is 5.41 Å². The predicted octanol–water partition coefficient (Wildman–Crippen LogP) is 1.31. The third kappa shape index (κ3) is 3.77. The first-order valence-corrected chi connectivity index (χ1v) is 4.68. The lowest BCUT2D eigenvalue weighted by Crippen LogP contribution is -2.51. The predicted molar refractivity (Wildman–Crippen MR) is 53.4 cm³/mol. The first-order valence-electron chi connectivity index (χ1n) is 4.68. The summed E-state index contributed by atoms with van der Waals surface area (Å²) in [6.45, 7) is 9.34. The first-order chi connectivity index (χ1) is 5.75. The summed E-state index contributed by atoms with van der Waals surface area (Å²) in [7, 11) is 0. The van der Waals surface area contributed by atoms with Crippen molar-refractivity contribution in [1.29, 1.82) is 0 Å². The van der Waals surface area contributed by atoms with Crippen LogP contribution >= 0.6 is 0 Å². The molecule has 0 saturated heterocycles. The van der Waals surface area contributed by atoms with Gasteiger partial charge in [-0.2, -0.15) is 0 Å². The van der Waals surface area contributed by atoms with Gasteiger partial charge in [0.25, 0.3) is 0 Å². The Labute approximate surface area is 80.5 Å². The molecule has 0 rings (SSSR count). The summed E-state index contributed by atoms with van der Waals surface area (Å²) in [4.78, 5) is 11.6. The van der Waals surface area contributed by atoms with Crippen molar-refractivity contribution >= 4 is 5.91 Å². The van der Waals surface area contributed by atoms with E-state index in [0.717, 1.165) is 6.42 Å². The summed E-state index contributed by atoms with van der Waals surface area (Å²) in [6.07, 6.45) is 0.728. The van der Waals surface area contributed by atoms with Gasteiger partial charge < -0.3 is 10.4 Å². The zero-order valence-corrected chi connectivity index (χ0v) is 9.27. The molecule has 0 aromatic heterocycles. The number of hydrogen-bond donors (Lipinski definition) is 2. The van der Waals surface area contributed by atoms with E-state index in [4.69, 9.17) is 5.11 Å². The van der Waals surface area contributed by atoms with Gasteiger partial charge in [-0.3, -0.25) is 4.79 Å². The molecule has 0 spiro atoms. The second kappa shape index (κ2) is 4.09. The fourth-order valence-corrected chi connectivity index (χ4v) is 0.701. The Bertz CT molecular complexity index is 178. The largest absolute Gasteiger partial charge is 0.394 e. The molecule has 0 aromatic carbocycles. The van der Waals surface area contributed by atoms with Crippen LogP contribution in [0.5, 0.6) is 0 Å². The van der Waals surface area contributed by atoms with Gasteiger partial charge in [-0.1, -0.05) is 27.7 Å². The highest BCUT2D eigenvalue weighted by molar-refractivity contribution is 5.82. The molecule has 78 valence electrons. The fraction of sp³-hybridized carbons (Fsp3) is 0.900. The van der Waals surface area contributed by atoms with Crippen molar-refractivity contribution < 1.29 is 9.90 Å². The van der Waals surface area contributed by atoms with Crippen molar-refractivity contribution in [1.82, 2.24) is 5.32 Å². The molecule has 0 fully saturated rings. The van der Waals surface area contributed by atoms with E-state index < -0.39 is 11.0 Å². The minimum absolute atomic E-state index is 0.0223. The summed E-state index contributed by atoms with van der Waals surface area (Å²) in [5.74, 6) is -0.0223. The van der Waals surface area contributed by atoms with Crippen LogP contribution in [0.1, 0.15) is 41.0 Å². The van der Waals surface area contributed by atoms with Crippen molar-refractivity contribution in [2.45, 2.75) is 46.6 Å². The van der Waals surface area contributed by atoms with Gasteiger partial charge in [-0.05, 0) is 13.3 Å². The number of carbonyl (C=O) groups excluding carboxylic acids is 1. The van der Waals surface area contributed by atoms with Gasteiger partial charge in [-0.15, -0.1) is 0 Å². The monoisotopic (exact) mass is 187 g/mol. The van der Waals surface area contributed by atoms with Gasteiger partial charge in [-0.25, -0.2) is 0 Å². The lowest BCUT2D eigenvalue weighted by atomic mass is 9.92. The lowest BCUT2D eigenvalue weighted by Gasteiger charge is -2.31. The summed E-state index contributed by atoms with van der Waals surface area (Å²) in [5.41, 5.74) is -0.879. The van der Waals surface area contributed by atoms with Crippen LogP contribution in [-0.4, -0.2) is 23.2 Å². The number of aliphatic hydroxyl groups is 1. The Balaban J connectivity index is 4.35. The third-order valence-electron chi connectivity index (χ3n) is 2.23. The minimum atomic E-state index is -0.482. The molecule has 1 atom stereocenters. The fourth-order valence-electron chi connectivity index (χ4n) is 0.701. The molecule has 0 aliphatic heterocycles. The van der Waals surface area contributed by atoms with Crippen molar-refractivity contribution in [3.05, 3.63) is 0 Å². The molecule has 1 unspecified atom stereocenters. The smallest absolute Gasteiger partial charge is 0.225 e. The third-order valence-corrected chi connectivity index (χ3v) is 2.23. The number of carbonyl (C=O) groups is 1. The molecule has 1 amide bonds. The summed E-state index contributed by atoms with van der Waals surface area (Å²) < 4.78 is 0. The lowest BCUT2D eigenvalue weighted by molar-refractivity contribution is -0.131. The average Bonchev–Trinajstić information content (AvgIpc) is 2.02. The van der Waals surface area contributed by atoms with Crippen LogP contribution in [0.2, 0.25) is 0 Å². The number of aliphatic hydroxyl groups excluding tert-OH is 1. The minimum Gasteiger partial charge on any atom is -0.394 e. The molecule has 0 aliphatic carbocycles. The van der Waals surface area contributed by atoms with Crippen molar-refractivity contribution in [2.75, 3.05) is 6.61 Å². The molecule has 0 aliphatic rings. The number of amides is 1. The topological polar surface area (TPSA) is 49.3 Å². The van der Waals surface area contributed by atoms with Gasteiger partial charge in [0.2, 0.25) is 5.91 Å². The van der Waals surface area contributed by atoms with E-state index in [2.05, 4.69) is 5.32 Å². The van der Waals surface area contributed by atoms with Crippen LogP contribution in [-0.2, 0) is 4.79 Å². The standard InChI is InChI=1S/C10H21NO2/c1-6-10(5,7-12)11-8(13)9(2,3)4/h12H,6-7H2,1-5H3,(H,11,13). The van der Waals surface area contributed by atoms with Crippen LogP contribution in [0.15, 0.2) is 0 Å². The van der Waals surface area contributed by atoms with Crippen LogP contribution in [0.4, 0.5) is 0 Å². The molecule has 0 bridgehead atoms. The Morgan fingerprint density at radius 2 is 1.77 bits per heavy atom. The van der Waals surface area contributed by atoms with E-state index in [1.165, 1.54) is 0 Å². The molecule has 0 aromatic rings. The Kier molecular flexibility index (Phi) is 3.91. The average molecular weight is 187 g/mol. The molecule has 3 nitrogen and oxygen atoms in total. The molecule has 3 heteroatoms. The summed E-state index contributed by atoms with van der Waals surface area (Å²) in [6, 6.07) is 0. The van der Waals surface area contributed by atoms with E-state index in [-0.39, 0.29) is 12.5 Å². The molecular formula is C10H21NO2. The summed E-state index contributed by atoms with van der Waals surface area (Å²) >= 11 is 0. The van der Waals surface area contributed by atoms with E-state index in [0.29, 0.717) is 0 Å². The van der Waals surface area contributed by atoms with Crippen LogP contribution in [0.3, 0.4) is 0 Å². The summed E-state index contributed by atoms with van der Waals surface area (Å²) in [5, 5.41) is 11.9. The Morgan fingerprint density at radius 3 is 2.00 bits per heavy atom. The van der Waals surface area contributed by atoms with Gasteiger partial charge in [0, 0.05) is 5.41 Å². The number of hydrogen-bond acceptors (Lipinski definition) is 2. The highest BCUT2D eigenvalue weighted by Gasteiger charge is 2.29. The second-order valence-corrected chi connectivity index (χ2v) is 4.78. The molecule has 2 N–H and O–H groups in total. The maximum Gasteiger partial charge on any atom is 0.225 e. The van der Waals surface area contributed by atoms with Crippen molar-refractivity contribution in [3.63, 3.8) is 0 Å². The molecular weight excluding hydrogens is 166 g/mol. The van der Waals surface area contributed by atoms with Crippen LogP contribution in [0.25, 0.3) is 0 Å². The second-order valence-electron chi connectivity index (χ2n) is 4.78. The maximum absolute atomic E-state index is 11.6. The highest BCUT2D eigenvalue weighted by atomic mass is 16.3. The quantitative estimate of drug-likeness (QED) is 0.700. The van der Waals surface area contributed by atoms with Gasteiger partial charge >= 0.3 is 0 Å². The van der Waals surface area contributed by atoms with E-state index in [1.807, 2.05) is 34.6 Å². The van der Waals surface area contributed by atoms with Gasteiger partial charge in [0.1, 0.15) is 0 Å². The van der Waals surface area contributed by atoms with Gasteiger partial charge in [0.05, 0.1) is 12.1 Å². The van der Waals surface area contributed by atoms with E-state index >= 15 is 0 Å². The zero-order chi connectivity index (χ0) is 10.7. The number of rotatable bonds is 3. The Morgan fingerprint density at radius 1 is 1.31 bits per heavy atom.